The Bertz CT molecular complexity index is 1580. The first kappa shape index (κ1) is 19.9. The molecule has 0 atom stereocenters. The Morgan fingerprint density at radius 1 is 0.727 bits per heavy atom. The second-order valence-corrected chi connectivity index (χ2v) is 9.71. The number of para-hydroxylation sites is 1. The van der Waals surface area contributed by atoms with E-state index in [0.717, 1.165) is 22.0 Å². The number of rotatable bonds is 4. The molecule has 0 amide bonds. The second-order valence-electron chi connectivity index (χ2n) is 8.81. The van der Waals surface area contributed by atoms with E-state index in [2.05, 4.69) is 107 Å². The average molecular weight is 446 g/mol. The number of hydrogen-bond donors (Lipinski definition) is 0. The average Bonchev–Trinajstić information content (AvgIpc) is 3.51. The van der Waals surface area contributed by atoms with Crippen molar-refractivity contribution < 1.29 is 0 Å². The van der Waals surface area contributed by atoms with E-state index in [9.17, 15) is 0 Å². The number of pyridine rings is 1. The maximum absolute atomic E-state index is 4.66. The first-order chi connectivity index (χ1) is 16.1. The summed E-state index contributed by atoms with van der Waals surface area (Å²) < 4.78 is 2.37. The van der Waals surface area contributed by atoms with Crippen molar-refractivity contribution in [2.24, 2.45) is 0 Å². The molecule has 4 heteroatoms. The van der Waals surface area contributed by atoms with E-state index < -0.39 is 0 Å². The Balaban J connectivity index is 1.61. The molecular weight excluding hydrogens is 422 g/mol. The molecule has 0 aliphatic rings. The minimum absolute atomic E-state index is 0.209. The summed E-state index contributed by atoms with van der Waals surface area (Å²) in [5.74, 6) is 0. The standard InChI is InChI=1S/C29H23N3S/c1-29(2,27-12-5-6-15-30-27)21-13-14-24-23-10-3-4-11-25(23)32(26(24)19-21)22-9-7-8-20(18-22)28-31-16-17-33-28/h3-19H,1-2H3. The molecule has 0 aliphatic carbocycles. The maximum Gasteiger partial charge on any atom is 0.123 e. The summed E-state index contributed by atoms with van der Waals surface area (Å²) in [6, 6.07) is 30.3. The molecule has 3 aromatic carbocycles. The monoisotopic (exact) mass is 445 g/mol. The highest BCUT2D eigenvalue weighted by Gasteiger charge is 2.25. The van der Waals surface area contributed by atoms with Gasteiger partial charge in [0.1, 0.15) is 5.01 Å². The smallest absolute Gasteiger partial charge is 0.123 e. The summed E-state index contributed by atoms with van der Waals surface area (Å²) >= 11 is 1.67. The van der Waals surface area contributed by atoms with Crippen molar-refractivity contribution >= 4 is 33.1 Å². The Morgan fingerprint density at radius 2 is 1.58 bits per heavy atom. The van der Waals surface area contributed by atoms with Crippen LogP contribution < -0.4 is 0 Å². The van der Waals surface area contributed by atoms with Gasteiger partial charge in [-0.1, -0.05) is 62.4 Å². The van der Waals surface area contributed by atoms with E-state index in [1.807, 2.05) is 23.8 Å². The van der Waals surface area contributed by atoms with Gasteiger partial charge in [-0.25, -0.2) is 4.98 Å². The van der Waals surface area contributed by atoms with Crippen LogP contribution in [-0.4, -0.2) is 14.5 Å². The number of nitrogens with zero attached hydrogens (tertiary/aromatic N) is 3. The fraction of sp³-hybridized carbons (Fsp3) is 0.103. The van der Waals surface area contributed by atoms with Gasteiger partial charge >= 0.3 is 0 Å². The molecule has 0 N–H and O–H groups in total. The molecule has 0 fully saturated rings. The van der Waals surface area contributed by atoms with Gasteiger partial charge < -0.3 is 4.57 Å². The van der Waals surface area contributed by atoms with Gasteiger partial charge in [-0.3, -0.25) is 4.98 Å². The van der Waals surface area contributed by atoms with Gasteiger partial charge in [-0.15, -0.1) is 11.3 Å². The van der Waals surface area contributed by atoms with Crippen LogP contribution in [-0.2, 0) is 5.41 Å². The van der Waals surface area contributed by atoms with E-state index in [4.69, 9.17) is 0 Å². The lowest BCUT2D eigenvalue weighted by Gasteiger charge is -2.25. The molecule has 0 aliphatic heterocycles. The molecule has 160 valence electrons. The highest BCUT2D eigenvalue weighted by atomic mass is 32.1. The van der Waals surface area contributed by atoms with Gasteiger partial charge in [0.2, 0.25) is 0 Å². The lowest BCUT2D eigenvalue weighted by atomic mass is 9.81. The largest absolute Gasteiger partial charge is 0.309 e. The van der Waals surface area contributed by atoms with Crippen LogP contribution in [0.3, 0.4) is 0 Å². The summed E-state index contributed by atoms with van der Waals surface area (Å²) in [7, 11) is 0. The molecule has 0 bridgehead atoms. The fourth-order valence-electron chi connectivity index (χ4n) is 4.66. The molecular formula is C29H23N3S. The van der Waals surface area contributed by atoms with Crippen molar-refractivity contribution in [3.05, 3.63) is 114 Å². The van der Waals surface area contributed by atoms with Gasteiger partial charge in [-0.05, 0) is 42.0 Å². The SMILES string of the molecule is CC(C)(c1ccc2c3ccccc3n(-c3cccc(-c4nccs4)c3)c2c1)c1ccccn1. The van der Waals surface area contributed by atoms with Gasteiger partial charge in [0.25, 0.3) is 0 Å². The number of aromatic nitrogens is 3. The quantitative estimate of drug-likeness (QED) is 0.279. The number of fused-ring (bicyclic) bond motifs is 3. The van der Waals surface area contributed by atoms with Crippen LogP contribution in [0.25, 0.3) is 38.1 Å². The van der Waals surface area contributed by atoms with Gasteiger partial charge in [0, 0.05) is 45.2 Å². The first-order valence-corrected chi connectivity index (χ1v) is 12.0. The summed E-state index contributed by atoms with van der Waals surface area (Å²) in [4.78, 5) is 9.17. The van der Waals surface area contributed by atoms with Crippen LogP contribution >= 0.6 is 11.3 Å². The van der Waals surface area contributed by atoms with E-state index in [1.165, 1.54) is 27.4 Å². The molecule has 6 rings (SSSR count). The topological polar surface area (TPSA) is 30.7 Å². The molecule has 33 heavy (non-hydrogen) atoms. The van der Waals surface area contributed by atoms with Crippen LogP contribution in [0.4, 0.5) is 0 Å². The van der Waals surface area contributed by atoms with E-state index >= 15 is 0 Å². The van der Waals surface area contributed by atoms with Crippen molar-refractivity contribution in [3.63, 3.8) is 0 Å². The molecule has 0 radical (unpaired) electrons. The zero-order valence-corrected chi connectivity index (χ0v) is 19.4. The van der Waals surface area contributed by atoms with Gasteiger partial charge in [-0.2, -0.15) is 0 Å². The summed E-state index contributed by atoms with van der Waals surface area (Å²) in [5, 5.41) is 5.57. The third kappa shape index (κ3) is 3.26. The van der Waals surface area contributed by atoms with E-state index in [-0.39, 0.29) is 5.41 Å². The zero-order valence-electron chi connectivity index (χ0n) is 18.6. The predicted octanol–water partition coefficient (Wildman–Crippen LogP) is 7.63. The maximum atomic E-state index is 4.66. The molecule has 0 saturated heterocycles. The fourth-order valence-corrected chi connectivity index (χ4v) is 5.30. The highest BCUT2D eigenvalue weighted by molar-refractivity contribution is 7.13. The van der Waals surface area contributed by atoms with Crippen molar-refractivity contribution in [1.29, 1.82) is 0 Å². The van der Waals surface area contributed by atoms with Crippen LogP contribution in [0.5, 0.6) is 0 Å². The molecule has 0 spiro atoms. The Hall–Kier alpha value is -3.76. The van der Waals surface area contributed by atoms with Crippen LogP contribution in [0.2, 0.25) is 0 Å². The Kier molecular flexibility index (Phi) is 4.63. The van der Waals surface area contributed by atoms with Gasteiger partial charge in [0.15, 0.2) is 0 Å². The number of hydrogen-bond acceptors (Lipinski definition) is 3. The molecule has 3 nitrogen and oxygen atoms in total. The molecule has 3 heterocycles. The molecule has 3 aromatic heterocycles. The van der Waals surface area contributed by atoms with Crippen LogP contribution in [0, 0.1) is 0 Å². The van der Waals surface area contributed by atoms with Crippen LogP contribution in [0.1, 0.15) is 25.1 Å². The molecule has 6 aromatic rings. The van der Waals surface area contributed by atoms with E-state index in [0.29, 0.717) is 0 Å². The summed E-state index contributed by atoms with van der Waals surface area (Å²) in [6.45, 7) is 4.49. The third-order valence-corrected chi connectivity index (χ3v) is 7.31. The van der Waals surface area contributed by atoms with Crippen molar-refractivity contribution in [1.82, 2.24) is 14.5 Å². The molecule has 0 saturated carbocycles. The van der Waals surface area contributed by atoms with E-state index in [1.54, 1.807) is 11.3 Å². The van der Waals surface area contributed by atoms with Crippen LogP contribution in [0.15, 0.2) is 103 Å². The van der Waals surface area contributed by atoms with Gasteiger partial charge in [0.05, 0.1) is 16.7 Å². The van der Waals surface area contributed by atoms with Crippen molar-refractivity contribution in [2.75, 3.05) is 0 Å². The normalized spacial score (nSPS) is 11.9. The van der Waals surface area contributed by atoms with Crippen molar-refractivity contribution in [2.45, 2.75) is 19.3 Å². The summed E-state index contributed by atoms with van der Waals surface area (Å²) in [6.07, 6.45) is 3.73. The minimum Gasteiger partial charge on any atom is -0.309 e. The first-order valence-electron chi connectivity index (χ1n) is 11.1. The Labute approximate surface area is 197 Å². The third-order valence-electron chi connectivity index (χ3n) is 6.48. The minimum atomic E-state index is -0.209. The number of benzene rings is 3. The second kappa shape index (κ2) is 7.68. The lowest BCUT2D eigenvalue weighted by molar-refractivity contribution is 0.617. The molecule has 0 unspecified atom stereocenters. The number of thiazole rings is 1. The zero-order chi connectivity index (χ0) is 22.4. The summed E-state index contributed by atoms with van der Waals surface area (Å²) in [5.41, 5.74) is 6.79. The van der Waals surface area contributed by atoms with Crippen molar-refractivity contribution in [3.8, 4) is 16.3 Å². The highest BCUT2D eigenvalue weighted by Crippen LogP contribution is 2.37. The Morgan fingerprint density at radius 3 is 2.39 bits per heavy atom. The lowest BCUT2D eigenvalue weighted by Crippen LogP contribution is -2.20. The predicted molar refractivity (Wildman–Crippen MR) is 138 cm³/mol.